The van der Waals surface area contributed by atoms with Crippen LogP contribution in [-0.4, -0.2) is 46.8 Å². The second kappa shape index (κ2) is 11.4. The van der Waals surface area contributed by atoms with Gasteiger partial charge in [-0.05, 0) is 113 Å². The highest BCUT2D eigenvalue weighted by Crippen LogP contribution is 2.54. The molecule has 0 radical (unpaired) electrons. The third kappa shape index (κ3) is 6.05. The first-order valence-corrected chi connectivity index (χ1v) is 14.0. The molecule has 5 nitrogen and oxygen atoms in total. The third-order valence-electron chi connectivity index (χ3n) is 8.61. The smallest absolute Gasteiger partial charge is 0.471 e. The summed E-state index contributed by atoms with van der Waals surface area (Å²) in [5.41, 5.74) is 4.69. The van der Waals surface area contributed by atoms with Crippen LogP contribution < -0.4 is 0 Å². The number of likely N-dealkylation sites (N-methyl/N-ethyl adjacent to an activating group) is 1. The highest BCUT2D eigenvalue weighted by Gasteiger charge is 2.52. The van der Waals surface area contributed by atoms with Gasteiger partial charge in [-0.15, -0.1) is 0 Å². The fourth-order valence-corrected chi connectivity index (χ4v) is 6.03. The van der Waals surface area contributed by atoms with Gasteiger partial charge in [0.2, 0.25) is 0 Å². The molecule has 2 aromatic carbocycles. The minimum atomic E-state index is -5.14. The minimum Gasteiger partial charge on any atom is -0.479 e. The van der Waals surface area contributed by atoms with Crippen LogP contribution in [0.2, 0.25) is 0 Å². The molecule has 1 N–H and O–H groups in total. The summed E-state index contributed by atoms with van der Waals surface area (Å²) >= 11 is 0. The molecular formula is C34H42F3NO4. The number of aliphatic carboxylic acids is 1. The van der Waals surface area contributed by atoms with Crippen molar-refractivity contribution in [3.05, 3.63) is 86.6 Å². The Balaban J connectivity index is 2.58. The number of aryl methyl sites for hydroxylation is 4. The molecule has 1 aliphatic carbocycles. The predicted molar refractivity (Wildman–Crippen MR) is 159 cm³/mol. The molecule has 42 heavy (non-hydrogen) atoms. The van der Waals surface area contributed by atoms with E-state index in [2.05, 4.69) is 0 Å². The molecule has 3 unspecified atom stereocenters. The summed E-state index contributed by atoms with van der Waals surface area (Å²) in [6.07, 6.45) is -6.64. The molecule has 228 valence electrons. The Kier molecular flexibility index (Phi) is 8.96. The number of benzene rings is 2. The van der Waals surface area contributed by atoms with E-state index in [9.17, 15) is 27.9 Å². The Hall–Kier alpha value is -3.39. The van der Waals surface area contributed by atoms with Crippen molar-refractivity contribution >= 4 is 17.4 Å². The van der Waals surface area contributed by atoms with E-state index in [1.54, 1.807) is 27.7 Å². The van der Waals surface area contributed by atoms with Gasteiger partial charge in [-0.3, -0.25) is 4.79 Å². The average Bonchev–Trinajstić information content (AvgIpc) is 2.86. The van der Waals surface area contributed by atoms with Crippen LogP contribution in [0, 0.1) is 33.6 Å². The second-order valence-corrected chi connectivity index (χ2v) is 12.6. The molecule has 0 spiro atoms. The summed E-state index contributed by atoms with van der Waals surface area (Å²) in [5, 5.41) is 10.5. The van der Waals surface area contributed by atoms with E-state index in [1.165, 1.54) is 0 Å². The molecule has 0 saturated carbocycles. The quantitative estimate of drug-likeness (QED) is 0.375. The second-order valence-electron chi connectivity index (χ2n) is 12.6. The Labute approximate surface area is 247 Å². The van der Waals surface area contributed by atoms with Crippen LogP contribution in [0.3, 0.4) is 0 Å². The van der Waals surface area contributed by atoms with Gasteiger partial charge in [0.1, 0.15) is 0 Å². The first kappa shape index (κ1) is 33.1. The Morgan fingerprint density at radius 3 is 1.90 bits per heavy atom. The third-order valence-corrected chi connectivity index (χ3v) is 8.61. The monoisotopic (exact) mass is 585 g/mol. The lowest BCUT2D eigenvalue weighted by Gasteiger charge is -2.49. The van der Waals surface area contributed by atoms with E-state index in [0.717, 1.165) is 40.4 Å². The molecule has 1 aliphatic rings. The largest absolute Gasteiger partial charge is 0.479 e. The van der Waals surface area contributed by atoms with Gasteiger partial charge in [0.05, 0.1) is 5.60 Å². The van der Waals surface area contributed by atoms with Gasteiger partial charge in [0.15, 0.2) is 6.10 Å². The highest BCUT2D eigenvalue weighted by molar-refractivity contribution is 5.90. The number of hydrogen-bond donors (Lipinski definition) is 1. The van der Waals surface area contributed by atoms with Gasteiger partial charge in [0, 0.05) is 23.7 Å². The van der Waals surface area contributed by atoms with Crippen molar-refractivity contribution in [1.82, 2.24) is 4.90 Å². The molecule has 0 bridgehead atoms. The molecule has 8 heteroatoms. The first-order valence-electron chi connectivity index (χ1n) is 14.0. The zero-order chi connectivity index (χ0) is 32.1. The number of ether oxygens (including phenoxy) is 1. The number of nitrogens with zero attached hydrogens (tertiary/aromatic N) is 1. The lowest BCUT2D eigenvalue weighted by Crippen LogP contribution is -2.50. The number of carboxylic acids is 1. The lowest BCUT2D eigenvalue weighted by molar-refractivity contribution is -0.182. The molecule has 0 heterocycles. The van der Waals surface area contributed by atoms with E-state index in [0.29, 0.717) is 10.5 Å². The highest BCUT2D eigenvalue weighted by atomic mass is 19.4. The number of allylic oxidation sites excluding steroid dienone is 2. The van der Waals surface area contributed by atoms with E-state index >= 15 is 0 Å². The molecule has 0 aromatic heterocycles. The van der Waals surface area contributed by atoms with Crippen LogP contribution in [0.4, 0.5) is 13.2 Å². The van der Waals surface area contributed by atoms with Crippen molar-refractivity contribution < 1.29 is 32.6 Å². The zero-order valence-corrected chi connectivity index (χ0v) is 26.4. The van der Waals surface area contributed by atoms with Crippen LogP contribution >= 0.6 is 0 Å². The molecule has 3 rings (SSSR count). The topological polar surface area (TPSA) is 66.8 Å². The molecule has 2 aromatic rings. The van der Waals surface area contributed by atoms with E-state index in [1.807, 2.05) is 77.9 Å². The van der Waals surface area contributed by atoms with Gasteiger partial charge < -0.3 is 14.7 Å². The van der Waals surface area contributed by atoms with Crippen molar-refractivity contribution in [2.75, 3.05) is 7.05 Å². The van der Waals surface area contributed by atoms with Crippen LogP contribution in [0.1, 0.15) is 74.9 Å². The van der Waals surface area contributed by atoms with Crippen molar-refractivity contribution in [3.8, 4) is 0 Å². The normalized spacial score (nSPS) is 20.6. The fraction of sp³-hybridized carbons (Fsp3) is 0.471. The number of carbonyl (C=O) groups excluding carboxylic acids is 1. The molecule has 3 atom stereocenters. The maximum Gasteiger partial charge on any atom is 0.471 e. The van der Waals surface area contributed by atoms with Crippen molar-refractivity contribution in [2.45, 2.75) is 92.5 Å². The van der Waals surface area contributed by atoms with Gasteiger partial charge >= 0.3 is 18.1 Å². The van der Waals surface area contributed by atoms with Crippen molar-refractivity contribution in [2.24, 2.45) is 5.92 Å². The Bertz CT molecular complexity index is 1480. The number of carboxylic acid groups (broad SMARTS) is 1. The average molecular weight is 586 g/mol. The number of amides is 1. The van der Waals surface area contributed by atoms with Gasteiger partial charge in [-0.25, -0.2) is 4.79 Å². The van der Waals surface area contributed by atoms with Crippen molar-refractivity contribution in [1.29, 1.82) is 0 Å². The summed E-state index contributed by atoms with van der Waals surface area (Å²) in [7, 11) is 1.11. The summed E-state index contributed by atoms with van der Waals surface area (Å²) in [6.45, 7) is 18.3. The van der Waals surface area contributed by atoms with E-state index in [-0.39, 0.29) is 16.8 Å². The Morgan fingerprint density at radius 1 is 0.929 bits per heavy atom. The standard InChI is InChI=1S/C34H42F3NO4/c1-18-12-14-24(16-20(18)3)27-23(6)33(10,25-15-13-19(2)21(4)17-25)29(38(11)31(41)34(35,36)37)22(5)26(27)28(30(39)40)42-32(7,8)9/h12-17,23,28H,1-11H3,(H,39,40). The molecule has 0 saturated heterocycles. The van der Waals surface area contributed by atoms with Crippen LogP contribution in [-0.2, 0) is 19.7 Å². The van der Waals surface area contributed by atoms with E-state index < -0.39 is 41.1 Å². The predicted octanol–water partition coefficient (Wildman–Crippen LogP) is 7.84. The SMILES string of the molecule is CC1=C(N(C)C(=O)C(F)(F)F)C(C)(c2ccc(C)c(C)c2)C(C)C(c2ccc(C)c(C)c2)=C1C(OC(C)(C)C)C(=O)O. The van der Waals surface area contributed by atoms with Crippen LogP contribution in [0.25, 0.3) is 5.57 Å². The number of halogens is 3. The molecule has 0 fully saturated rings. The van der Waals surface area contributed by atoms with Crippen LogP contribution in [0.15, 0.2) is 53.2 Å². The first-order chi connectivity index (χ1) is 19.1. The molecule has 1 amide bonds. The summed E-state index contributed by atoms with van der Waals surface area (Å²) in [4.78, 5) is 26.3. The number of carbonyl (C=O) groups is 2. The summed E-state index contributed by atoms with van der Waals surface area (Å²) in [5.74, 6) is -3.87. The number of rotatable bonds is 6. The van der Waals surface area contributed by atoms with Gasteiger partial charge in [-0.1, -0.05) is 43.3 Å². The zero-order valence-electron chi connectivity index (χ0n) is 26.4. The van der Waals surface area contributed by atoms with E-state index in [4.69, 9.17) is 4.74 Å². The van der Waals surface area contributed by atoms with Crippen LogP contribution in [0.5, 0.6) is 0 Å². The van der Waals surface area contributed by atoms with Crippen molar-refractivity contribution in [3.63, 3.8) is 0 Å². The maximum atomic E-state index is 13.9. The molecular weight excluding hydrogens is 543 g/mol. The van der Waals surface area contributed by atoms with Gasteiger partial charge in [-0.2, -0.15) is 13.2 Å². The maximum absolute atomic E-state index is 13.9. The lowest BCUT2D eigenvalue weighted by atomic mass is 9.59. The summed E-state index contributed by atoms with van der Waals surface area (Å²) in [6, 6.07) is 11.6. The van der Waals surface area contributed by atoms with Gasteiger partial charge in [0.25, 0.3) is 0 Å². The number of hydrogen-bond acceptors (Lipinski definition) is 3. The molecule has 0 aliphatic heterocycles. The number of alkyl halides is 3. The summed E-state index contributed by atoms with van der Waals surface area (Å²) < 4.78 is 47.9. The Morgan fingerprint density at radius 2 is 1.45 bits per heavy atom. The fourth-order valence-electron chi connectivity index (χ4n) is 6.03. The minimum absolute atomic E-state index is 0.0897.